The molecule has 2 aliphatic rings. The Hall–Kier alpha value is -4.24. The van der Waals surface area contributed by atoms with Gasteiger partial charge < -0.3 is 9.80 Å². The molecule has 0 spiro atoms. The van der Waals surface area contributed by atoms with Crippen molar-refractivity contribution in [2.45, 2.75) is 24.9 Å². The number of likely N-dealkylation sites (N-methyl/N-ethyl adjacent to an activating group) is 2. The first kappa shape index (κ1) is 25.5. The molecule has 0 aliphatic carbocycles. The monoisotopic (exact) mass is 544 g/mol. The van der Waals surface area contributed by atoms with Crippen LogP contribution in [0.4, 0.5) is 0 Å². The minimum atomic E-state index is 0.386. The Morgan fingerprint density at radius 3 is 1.33 bits per heavy atom. The Kier molecular flexibility index (Phi) is 6.21. The van der Waals surface area contributed by atoms with Crippen LogP contribution < -0.4 is 0 Å². The molecule has 0 amide bonds. The van der Waals surface area contributed by atoms with Gasteiger partial charge in [-0.15, -0.1) is 0 Å². The zero-order valence-corrected chi connectivity index (χ0v) is 24.4. The van der Waals surface area contributed by atoms with E-state index in [1.54, 1.807) is 0 Å². The third-order valence-electron chi connectivity index (χ3n) is 9.59. The highest BCUT2D eigenvalue weighted by molar-refractivity contribution is 5.84. The van der Waals surface area contributed by atoms with Gasteiger partial charge in [0.2, 0.25) is 0 Å². The number of fused-ring (bicyclic) bond motifs is 4. The van der Waals surface area contributed by atoms with Gasteiger partial charge in [-0.1, -0.05) is 109 Å². The summed E-state index contributed by atoms with van der Waals surface area (Å²) in [7, 11) is 4.51. The van der Waals surface area contributed by atoms with Gasteiger partial charge in [-0.25, -0.2) is 0 Å². The van der Waals surface area contributed by atoms with Crippen LogP contribution in [-0.4, -0.2) is 37.0 Å². The number of benzene rings is 6. The van der Waals surface area contributed by atoms with Gasteiger partial charge in [-0.2, -0.15) is 0 Å². The molecule has 206 valence electrons. The van der Waals surface area contributed by atoms with Crippen molar-refractivity contribution in [2.75, 3.05) is 27.2 Å². The molecule has 42 heavy (non-hydrogen) atoms. The van der Waals surface area contributed by atoms with E-state index in [0.29, 0.717) is 11.8 Å². The summed E-state index contributed by atoms with van der Waals surface area (Å²) in [6.45, 7) is 4.08. The quantitative estimate of drug-likeness (QED) is 0.220. The summed E-state index contributed by atoms with van der Waals surface area (Å²) in [5, 5.41) is 5.26. The summed E-state index contributed by atoms with van der Waals surface area (Å²) in [6.07, 6.45) is 0. The van der Waals surface area contributed by atoms with Crippen LogP contribution in [0, 0.1) is 0 Å². The van der Waals surface area contributed by atoms with Crippen molar-refractivity contribution in [2.24, 2.45) is 0 Å². The Labute approximate surface area is 248 Å². The molecular weight excluding hydrogens is 508 g/mol. The first-order valence-electron chi connectivity index (χ1n) is 15.2. The van der Waals surface area contributed by atoms with Crippen LogP contribution in [0.2, 0.25) is 0 Å². The van der Waals surface area contributed by atoms with Crippen molar-refractivity contribution in [1.82, 2.24) is 9.80 Å². The van der Waals surface area contributed by atoms with E-state index in [1.165, 1.54) is 66.1 Å². The SMILES string of the molecule is CN1Cc2cc(-c3ccc4c(c3)CN(C)CC4c3ccc4ccccc4c3)ccc2C(c2ccc3ccccc3c2)C1. The van der Waals surface area contributed by atoms with Crippen molar-refractivity contribution < 1.29 is 0 Å². The summed E-state index contributed by atoms with van der Waals surface area (Å²) in [5.74, 6) is 0.773. The average Bonchev–Trinajstić information content (AvgIpc) is 3.03. The lowest BCUT2D eigenvalue weighted by atomic mass is 9.81. The Balaban J connectivity index is 1.14. The fourth-order valence-corrected chi connectivity index (χ4v) is 7.47. The molecule has 6 aromatic carbocycles. The molecule has 0 radical (unpaired) electrons. The van der Waals surface area contributed by atoms with E-state index in [-0.39, 0.29) is 0 Å². The molecule has 2 unspecified atom stereocenters. The summed E-state index contributed by atoms with van der Waals surface area (Å²) in [6, 6.07) is 45.8. The maximum Gasteiger partial charge on any atom is 0.0234 e. The van der Waals surface area contributed by atoms with Crippen molar-refractivity contribution in [3.05, 3.63) is 155 Å². The molecule has 0 N–H and O–H groups in total. The summed E-state index contributed by atoms with van der Waals surface area (Å²) < 4.78 is 0. The van der Waals surface area contributed by atoms with E-state index in [1.807, 2.05) is 0 Å². The lowest BCUT2D eigenvalue weighted by Gasteiger charge is -2.34. The molecule has 0 fully saturated rings. The van der Waals surface area contributed by atoms with Gasteiger partial charge in [-0.3, -0.25) is 0 Å². The van der Waals surface area contributed by atoms with Gasteiger partial charge in [0.05, 0.1) is 0 Å². The summed E-state index contributed by atoms with van der Waals surface area (Å²) >= 11 is 0. The molecular formula is C40H36N2. The Bertz CT molecular complexity index is 1810. The van der Waals surface area contributed by atoms with Crippen LogP contribution in [0.3, 0.4) is 0 Å². The van der Waals surface area contributed by atoms with Crippen LogP contribution in [-0.2, 0) is 13.1 Å². The number of hydrogen-bond acceptors (Lipinski definition) is 2. The standard InChI is InChI=1S/C40H36N2/c1-41-23-35-21-31(15-17-37(35)39(25-41)33-13-11-27-7-3-5-9-29(27)19-33)32-16-18-38-36(22-32)24-42(2)26-40(38)34-14-12-28-8-4-6-10-30(28)20-34/h3-22,39-40H,23-26H2,1-2H3. The zero-order chi connectivity index (χ0) is 28.2. The molecule has 2 nitrogen and oxygen atoms in total. The molecule has 0 saturated carbocycles. The maximum atomic E-state index is 2.47. The lowest BCUT2D eigenvalue weighted by Crippen LogP contribution is -2.31. The molecule has 0 saturated heterocycles. The van der Waals surface area contributed by atoms with Gasteiger partial charge in [0, 0.05) is 38.0 Å². The topological polar surface area (TPSA) is 6.48 Å². The van der Waals surface area contributed by atoms with E-state index in [9.17, 15) is 0 Å². The van der Waals surface area contributed by atoms with Gasteiger partial charge in [-0.05, 0) is 92.3 Å². The highest BCUT2D eigenvalue weighted by Crippen LogP contribution is 2.39. The van der Waals surface area contributed by atoms with Crippen molar-refractivity contribution >= 4 is 21.5 Å². The second-order valence-corrected chi connectivity index (χ2v) is 12.5. The predicted molar refractivity (Wildman–Crippen MR) is 176 cm³/mol. The van der Waals surface area contributed by atoms with E-state index in [0.717, 1.165) is 26.2 Å². The van der Waals surface area contributed by atoms with Gasteiger partial charge >= 0.3 is 0 Å². The van der Waals surface area contributed by atoms with Crippen molar-refractivity contribution in [3.8, 4) is 11.1 Å². The molecule has 0 bridgehead atoms. The summed E-state index contributed by atoms with van der Waals surface area (Å²) in [5.41, 5.74) is 11.3. The maximum absolute atomic E-state index is 2.47. The van der Waals surface area contributed by atoms with Crippen molar-refractivity contribution in [3.63, 3.8) is 0 Å². The number of hydrogen-bond donors (Lipinski definition) is 0. The third-order valence-corrected chi connectivity index (χ3v) is 9.59. The molecule has 0 aromatic heterocycles. The van der Waals surface area contributed by atoms with Crippen LogP contribution in [0.5, 0.6) is 0 Å². The third kappa shape index (κ3) is 4.52. The van der Waals surface area contributed by atoms with Crippen LogP contribution >= 0.6 is 0 Å². The van der Waals surface area contributed by atoms with Gasteiger partial charge in [0.1, 0.15) is 0 Å². The Morgan fingerprint density at radius 1 is 0.452 bits per heavy atom. The first-order chi connectivity index (χ1) is 20.6. The highest BCUT2D eigenvalue weighted by Gasteiger charge is 2.27. The van der Waals surface area contributed by atoms with Crippen LogP contribution in [0.1, 0.15) is 45.2 Å². The minimum Gasteiger partial charge on any atom is -0.301 e. The highest BCUT2D eigenvalue weighted by atomic mass is 15.1. The van der Waals surface area contributed by atoms with E-state index in [2.05, 4.69) is 145 Å². The van der Waals surface area contributed by atoms with Crippen molar-refractivity contribution in [1.29, 1.82) is 0 Å². The fourth-order valence-electron chi connectivity index (χ4n) is 7.47. The van der Waals surface area contributed by atoms with Gasteiger partial charge in [0.15, 0.2) is 0 Å². The molecule has 2 heterocycles. The molecule has 2 aliphatic heterocycles. The van der Waals surface area contributed by atoms with Crippen LogP contribution in [0.15, 0.2) is 121 Å². The number of nitrogens with zero attached hydrogens (tertiary/aromatic N) is 2. The smallest absolute Gasteiger partial charge is 0.0234 e. The van der Waals surface area contributed by atoms with Gasteiger partial charge in [0.25, 0.3) is 0 Å². The summed E-state index contributed by atoms with van der Waals surface area (Å²) in [4.78, 5) is 4.95. The largest absolute Gasteiger partial charge is 0.301 e. The second kappa shape index (κ2) is 10.2. The van der Waals surface area contributed by atoms with E-state index in [4.69, 9.17) is 0 Å². The van der Waals surface area contributed by atoms with E-state index >= 15 is 0 Å². The first-order valence-corrected chi connectivity index (χ1v) is 15.2. The molecule has 2 atom stereocenters. The predicted octanol–water partition coefficient (Wildman–Crippen LogP) is 8.81. The Morgan fingerprint density at radius 2 is 0.881 bits per heavy atom. The molecule has 8 rings (SSSR count). The minimum absolute atomic E-state index is 0.386. The normalized spacial score (nSPS) is 19.1. The second-order valence-electron chi connectivity index (χ2n) is 12.5. The zero-order valence-electron chi connectivity index (χ0n) is 24.4. The molecule has 2 heteroatoms. The fraction of sp³-hybridized carbons (Fsp3) is 0.200. The van der Waals surface area contributed by atoms with Crippen LogP contribution in [0.25, 0.3) is 32.7 Å². The average molecular weight is 545 g/mol. The number of rotatable bonds is 3. The molecule has 6 aromatic rings. The van der Waals surface area contributed by atoms with E-state index < -0.39 is 0 Å². The lowest BCUT2D eigenvalue weighted by molar-refractivity contribution is 0.295.